The molecule has 17 heavy (non-hydrogen) atoms. The van der Waals surface area contributed by atoms with Crippen molar-refractivity contribution in [3.8, 4) is 0 Å². The molecule has 1 aromatic carbocycles. The minimum Gasteiger partial charge on any atom is -0.463 e. The zero-order chi connectivity index (χ0) is 12.5. The average Bonchev–Trinajstić information content (AvgIpc) is 2.35. The molecule has 1 aromatic rings. The SMILES string of the molecule is CCOC(=O)COC(=O)C=Cc1ccccc1. The molecule has 0 aliphatic rings. The van der Waals surface area contributed by atoms with Crippen molar-refractivity contribution in [2.45, 2.75) is 6.92 Å². The average molecular weight is 234 g/mol. The summed E-state index contributed by atoms with van der Waals surface area (Å²) in [5, 5.41) is 0. The third kappa shape index (κ3) is 5.51. The smallest absolute Gasteiger partial charge is 0.344 e. The second-order valence-electron chi connectivity index (χ2n) is 3.16. The Labute approximate surface area is 99.8 Å². The molecule has 0 aromatic heterocycles. The summed E-state index contributed by atoms with van der Waals surface area (Å²) in [5.41, 5.74) is 0.889. The van der Waals surface area contributed by atoms with E-state index in [0.717, 1.165) is 5.56 Å². The largest absolute Gasteiger partial charge is 0.463 e. The molecule has 0 radical (unpaired) electrons. The lowest BCUT2D eigenvalue weighted by atomic mass is 10.2. The van der Waals surface area contributed by atoms with Crippen LogP contribution < -0.4 is 0 Å². The number of carbonyl (C=O) groups is 2. The Morgan fingerprint density at radius 3 is 2.53 bits per heavy atom. The van der Waals surface area contributed by atoms with Gasteiger partial charge in [-0.2, -0.15) is 0 Å². The Morgan fingerprint density at radius 1 is 1.18 bits per heavy atom. The Balaban J connectivity index is 2.35. The lowest BCUT2D eigenvalue weighted by molar-refractivity contribution is -0.155. The lowest BCUT2D eigenvalue weighted by Crippen LogP contribution is -2.14. The first-order chi connectivity index (χ1) is 8.22. The minimum atomic E-state index is -0.568. The van der Waals surface area contributed by atoms with Crippen molar-refractivity contribution < 1.29 is 19.1 Å². The van der Waals surface area contributed by atoms with E-state index in [9.17, 15) is 9.59 Å². The highest BCUT2D eigenvalue weighted by Crippen LogP contribution is 2.01. The van der Waals surface area contributed by atoms with Crippen molar-refractivity contribution in [3.05, 3.63) is 42.0 Å². The highest BCUT2D eigenvalue weighted by atomic mass is 16.6. The van der Waals surface area contributed by atoms with E-state index in [1.807, 2.05) is 30.3 Å². The summed E-state index contributed by atoms with van der Waals surface area (Å²) in [6.45, 7) is 1.61. The van der Waals surface area contributed by atoms with Crippen molar-refractivity contribution in [2.24, 2.45) is 0 Å². The van der Waals surface area contributed by atoms with Gasteiger partial charge in [-0.25, -0.2) is 9.59 Å². The van der Waals surface area contributed by atoms with E-state index < -0.39 is 11.9 Å². The standard InChI is InChI=1S/C13H14O4/c1-2-16-13(15)10-17-12(14)9-8-11-6-4-3-5-7-11/h3-9H,2,10H2,1H3. The number of esters is 2. The number of carbonyl (C=O) groups excluding carboxylic acids is 2. The van der Waals surface area contributed by atoms with Gasteiger partial charge in [0.25, 0.3) is 0 Å². The number of ether oxygens (including phenoxy) is 2. The topological polar surface area (TPSA) is 52.6 Å². The molecule has 0 aliphatic carbocycles. The molecule has 90 valence electrons. The van der Waals surface area contributed by atoms with Gasteiger partial charge in [-0.05, 0) is 18.6 Å². The van der Waals surface area contributed by atoms with Crippen LogP contribution in [0.1, 0.15) is 12.5 Å². The van der Waals surface area contributed by atoms with Gasteiger partial charge in [0.15, 0.2) is 6.61 Å². The number of benzene rings is 1. The van der Waals surface area contributed by atoms with Gasteiger partial charge in [0, 0.05) is 6.08 Å². The van der Waals surface area contributed by atoms with Crippen molar-refractivity contribution in [1.29, 1.82) is 0 Å². The zero-order valence-electron chi connectivity index (χ0n) is 9.59. The van der Waals surface area contributed by atoms with E-state index >= 15 is 0 Å². The van der Waals surface area contributed by atoms with Crippen LogP contribution in [0.3, 0.4) is 0 Å². The Hall–Kier alpha value is -2.10. The first-order valence-corrected chi connectivity index (χ1v) is 5.28. The molecule has 0 aliphatic heterocycles. The molecule has 0 spiro atoms. The third-order valence-corrected chi connectivity index (χ3v) is 1.85. The Kier molecular flexibility index (Phi) is 5.51. The van der Waals surface area contributed by atoms with E-state index in [0.29, 0.717) is 0 Å². The van der Waals surface area contributed by atoms with Crippen LogP contribution in [0.2, 0.25) is 0 Å². The fourth-order valence-corrected chi connectivity index (χ4v) is 1.11. The lowest BCUT2D eigenvalue weighted by Gasteiger charge is -2.01. The van der Waals surface area contributed by atoms with Crippen LogP contribution in [-0.2, 0) is 19.1 Å². The van der Waals surface area contributed by atoms with Gasteiger partial charge in [0.1, 0.15) is 0 Å². The summed E-state index contributed by atoms with van der Waals surface area (Å²) in [5.74, 6) is -1.11. The first-order valence-electron chi connectivity index (χ1n) is 5.28. The van der Waals surface area contributed by atoms with Crippen LogP contribution in [0.4, 0.5) is 0 Å². The molecular formula is C13H14O4. The summed E-state index contributed by atoms with van der Waals surface area (Å²) < 4.78 is 9.29. The molecule has 0 amide bonds. The molecule has 0 atom stereocenters. The Morgan fingerprint density at radius 2 is 1.88 bits per heavy atom. The summed E-state index contributed by atoms with van der Waals surface area (Å²) in [4.78, 5) is 22.1. The molecular weight excluding hydrogens is 220 g/mol. The maximum atomic E-state index is 11.2. The molecule has 0 bridgehead atoms. The van der Waals surface area contributed by atoms with E-state index in [-0.39, 0.29) is 13.2 Å². The predicted octanol–water partition coefficient (Wildman–Crippen LogP) is 1.81. The van der Waals surface area contributed by atoms with Crippen LogP contribution in [0.15, 0.2) is 36.4 Å². The molecule has 0 unspecified atom stereocenters. The van der Waals surface area contributed by atoms with E-state index in [4.69, 9.17) is 0 Å². The van der Waals surface area contributed by atoms with Gasteiger partial charge in [-0.15, -0.1) is 0 Å². The highest BCUT2D eigenvalue weighted by Gasteiger charge is 2.04. The number of hydrogen-bond acceptors (Lipinski definition) is 4. The van der Waals surface area contributed by atoms with Gasteiger partial charge in [-0.1, -0.05) is 30.3 Å². The quantitative estimate of drug-likeness (QED) is 0.576. The van der Waals surface area contributed by atoms with E-state index in [1.165, 1.54) is 6.08 Å². The molecule has 4 heteroatoms. The molecule has 4 nitrogen and oxygen atoms in total. The van der Waals surface area contributed by atoms with Crippen molar-refractivity contribution in [1.82, 2.24) is 0 Å². The first kappa shape index (κ1) is 13.0. The predicted molar refractivity (Wildman–Crippen MR) is 63.1 cm³/mol. The molecule has 1 rings (SSSR count). The fourth-order valence-electron chi connectivity index (χ4n) is 1.11. The molecule has 0 saturated heterocycles. The normalized spacial score (nSPS) is 10.2. The van der Waals surface area contributed by atoms with Crippen LogP contribution in [0, 0.1) is 0 Å². The molecule has 0 N–H and O–H groups in total. The van der Waals surface area contributed by atoms with Crippen LogP contribution in [0.5, 0.6) is 0 Å². The van der Waals surface area contributed by atoms with Crippen molar-refractivity contribution >= 4 is 18.0 Å². The van der Waals surface area contributed by atoms with Gasteiger partial charge in [0.05, 0.1) is 6.61 Å². The van der Waals surface area contributed by atoms with E-state index in [1.54, 1.807) is 13.0 Å². The molecule has 0 fully saturated rings. The molecule has 0 saturated carbocycles. The van der Waals surface area contributed by atoms with Gasteiger partial charge in [-0.3, -0.25) is 0 Å². The maximum absolute atomic E-state index is 11.2. The fraction of sp³-hybridized carbons (Fsp3) is 0.231. The zero-order valence-corrected chi connectivity index (χ0v) is 9.59. The molecule has 0 heterocycles. The van der Waals surface area contributed by atoms with Crippen LogP contribution in [0.25, 0.3) is 6.08 Å². The van der Waals surface area contributed by atoms with Gasteiger partial charge in [0.2, 0.25) is 0 Å². The maximum Gasteiger partial charge on any atom is 0.344 e. The monoisotopic (exact) mass is 234 g/mol. The van der Waals surface area contributed by atoms with E-state index in [2.05, 4.69) is 9.47 Å². The van der Waals surface area contributed by atoms with Crippen molar-refractivity contribution in [2.75, 3.05) is 13.2 Å². The van der Waals surface area contributed by atoms with Crippen LogP contribution >= 0.6 is 0 Å². The summed E-state index contributed by atoms with van der Waals surface area (Å²) in [6, 6.07) is 9.33. The minimum absolute atomic E-state index is 0.274. The highest BCUT2D eigenvalue weighted by molar-refractivity contribution is 5.88. The van der Waals surface area contributed by atoms with Gasteiger partial charge >= 0.3 is 11.9 Å². The van der Waals surface area contributed by atoms with Crippen molar-refractivity contribution in [3.63, 3.8) is 0 Å². The summed E-state index contributed by atoms with van der Waals surface area (Å²) >= 11 is 0. The van der Waals surface area contributed by atoms with Gasteiger partial charge < -0.3 is 9.47 Å². The Bertz CT molecular complexity index is 395. The summed E-state index contributed by atoms with van der Waals surface area (Å²) in [7, 11) is 0. The number of hydrogen-bond donors (Lipinski definition) is 0. The number of rotatable bonds is 5. The second-order valence-corrected chi connectivity index (χ2v) is 3.16. The van der Waals surface area contributed by atoms with Crippen LogP contribution in [-0.4, -0.2) is 25.2 Å². The third-order valence-electron chi connectivity index (χ3n) is 1.85. The second kappa shape index (κ2) is 7.22. The summed E-state index contributed by atoms with van der Waals surface area (Å²) in [6.07, 6.45) is 2.89.